The molecule has 0 fully saturated rings. The Kier molecular flexibility index (Phi) is 3.17. The van der Waals surface area contributed by atoms with Crippen molar-refractivity contribution in [2.75, 3.05) is 0 Å². The van der Waals surface area contributed by atoms with E-state index < -0.39 is 0 Å². The standard InChI is InChI=1S/C10H5Br2ClN4S/c1-4-14-7(13)3-8-15-16-10(17(4)8)5-2-6(11)18-9(5)12/h2-3H,1H3. The van der Waals surface area contributed by atoms with Crippen LogP contribution in [0.5, 0.6) is 0 Å². The number of thiophene rings is 1. The van der Waals surface area contributed by atoms with Crippen molar-refractivity contribution >= 4 is 60.4 Å². The van der Waals surface area contributed by atoms with E-state index in [2.05, 4.69) is 47.0 Å². The molecule has 0 N–H and O–H groups in total. The molecule has 4 nitrogen and oxygen atoms in total. The van der Waals surface area contributed by atoms with Gasteiger partial charge in [-0.15, -0.1) is 21.5 Å². The van der Waals surface area contributed by atoms with Crippen LogP contribution in [0.1, 0.15) is 5.82 Å². The van der Waals surface area contributed by atoms with Crippen molar-refractivity contribution in [1.82, 2.24) is 19.6 Å². The number of hydrogen-bond acceptors (Lipinski definition) is 4. The molecule has 92 valence electrons. The second kappa shape index (κ2) is 4.56. The molecule has 0 aromatic carbocycles. The van der Waals surface area contributed by atoms with Gasteiger partial charge in [-0.1, -0.05) is 11.6 Å². The summed E-state index contributed by atoms with van der Waals surface area (Å²) >= 11 is 14.5. The Hall–Kier alpha value is -0.500. The zero-order valence-electron chi connectivity index (χ0n) is 8.99. The lowest BCUT2D eigenvalue weighted by molar-refractivity contribution is 0.988. The SMILES string of the molecule is Cc1nc(Cl)cc2nnc(-c3cc(Br)sc3Br)n12. The molecule has 0 saturated heterocycles. The van der Waals surface area contributed by atoms with Crippen LogP contribution in [0.25, 0.3) is 17.0 Å². The van der Waals surface area contributed by atoms with Gasteiger partial charge >= 0.3 is 0 Å². The maximum atomic E-state index is 5.91. The number of nitrogens with zero attached hydrogens (tertiary/aromatic N) is 4. The lowest BCUT2D eigenvalue weighted by Crippen LogP contribution is -1.97. The third-order valence-electron chi connectivity index (χ3n) is 2.43. The van der Waals surface area contributed by atoms with Gasteiger partial charge in [0.25, 0.3) is 0 Å². The summed E-state index contributed by atoms with van der Waals surface area (Å²) in [6, 6.07) is 3.69. The molecule has 3 rings (SSSR count). The van der Waals surface area contributed by atoms with E-state index >= 15 is 0 Å². The minimum Gasteiger partial charge on any atom is -0.263 e. The highest BCUT2D eigenvalue weighted by Crippen LogP contribution is 2.38. The van der Waals surface area contributed by atoms with Crippen LogP contribution in [0, 0.1) is 6.92 Å². The predicted molar refractivity (Wildman–Crippen MR) is 79.2 cm³/mol. The summed E-state index contributed by atoms with van der Waals surface area (Å²) in [5, 5.41) is 8.76. The molecule has 0 bridgehead atoms. The van der Waals surface area contributed by atoms with Crippen LogP contribution in [-0.2, 0) is 0 Å². The van der Waals surface area contributed by atoms with Crippen molar-refractivity contribution in [2.24, 2.45) is 0 Å². The van der Waals surface area contributed by atoms with E-state index in [0.29, 0.717) is 10.8 Å². The lowest BCUT2D eigenvalue weighted by atomic mass is 10.3. The van der Waals surface area contributed by atoms with Gasteiger partial charge in [-0.25, -0.2) is 4.98 Å². The van der Waals surface area contributed by atoms with E-state index in [4.69, 9.17) is 11.6 Å². The second-order valence-electron chi connectivity index (χ2n) is 3.58. The Bertz CT molecular complexity index is 752. The van der Waals surface area contributed by atoms with E-state index in [1.807, 2.05) is 17.4 Å². The van der Waals surface area contributed by atoms with Crippen molar-refractivity contribution in [3.8, 4) is 11.4 Å². The third-order valence-corrected chi connectivity index (χ3v) is 4.96. The Morgan fingerprint density at radius 1 is 1.28 bits per heavy atom. The van der Waals surface area contributed by atoms with Crippen molar-refractivity contribution in [2.45, 2.75) is 6.92 Å². The molecular formula is C10H5Br2ClN4S. The molecule has 0 amide bonds. The second-order valence-corrected chi connectivity index (χ2v) is 7.72. The number of halogens is 3. The Labute approximate surface area is 128 Å². The van der Waals surface area contributed by atoms with Crippen LogP contribution in [-0.4, -0.2) is 19.6 Å². The van der Waals surface area contributed by atoms with Gasteiger partial charge in [-0.05, 0) is 44.8 Å². The van der Waals surface area contributed by atoms with Crippen LogP contribution in [0.2, 0.25) is 5.15 Å². The van der Waals surface area contributed by atoms with E-state index in [1.165, 1.54) is 0 Å². The summed E-state index contributed by atoms with van der Waals surface area (Å²) in [5.74, 6) is 1.51. The van der Waals surface area contributed by atoms with Gasteiger partial charge in [0, 0.05) is 11.6 Å². The molecular weight excluding hydrogens is 403 g/mol. The Balaban J connectivity index is 2.34. The fourth-order valence-electron chi connectivity index (χ4n) is 1.72. The number of aromatic nitrogens is 4. The van der Waals surface area contributed by atoms with Crippen LogP contribution in [0.4, 0.5) is 0 Å². The molecule has 0 spiro atoms. The highest BCUT2D eigenvalue weighted by molar-refractivity contribution is 9.12. The Morgan fingerprint density at radius 2 is 2.06 bits per heavy atom. The van der Waals surface area contributed by atoms with Gasteiger partial charge in [-0.2, -0.15) is 0 Å². The van der Waals surface area contributed by atoms with Crippen LogP contribution >= 0.6 is 54.8 Å². The molecule has 3 aromatic heterocycles. The summed E-state index contributed by atoms with van der Waals surface area (Å²) < 4.78 is 3.91. The quantitative estimate of drug-likeness (QED) is 0.563. The molecule has 0 unspecified atom stereocenters. The summed E-state index contributed by atoms with van der Waals surface area (Å²) in [4.78, 5) is 4.22. The minimum absolute atomic E-state index is 0.421. The largest absolute Gasteiger partial charge is 0.263 e. The van der Waals surface area contributed by atoms with E-state index in [0.717, 1.165) is 24.8 Å². The van der Waals surface area contributed by atoms with Crippen LogP contribution < -0.4 is 0 Å². The average Bonchev–Trinajstić information content (AvgIpc) is 2.81. The fourth-order valence-corrected chi connectivity index (χ4v) is 4.73. The first kappa shape index (κ1) is 12.5. The highest BCUT2D eigenvalue weighted by Gasteiger charge is 2.16. The molecule has 0 aliphatic rings. The smallest absolute Gasteiger partial charge is 0.171 e. The molecule has 3 aromatic rings. The zero-order valence-corrected chi connectivity index (χ0v) is 13.7. The molecule has 0 atom stereocenters. The van der Waals surface area contributed by atoms with Gasteiger partial charge < -0.3 is 0 Å². The number of aryl methyl sites for hydroxylation is 1. The normalized spacial score (nSPS) is 11.3. The topological polar surface area (TPSA) is 43.1 Å². The monoisotopic (exact) mass is 406 g/mol. The Morgan fingerprint density at radius 3 is 2.72 bits per heavy atom. The van der Waals surface area contributed by atoms with Gasteiger partial charge in [0.05, 0.1) is 7.57 Å². The van der Waals surface area contributed by atoms with E-state index in [9.17, 15) is 0 Å². The molecule has 0 saturated carbocycles. The van der Waals surface area contributed by atoms with Gasteiger partial charge in [-0.3, -0.25) is 4.40 Å². The number of rotatable bonds is 1. The van der Waals surface area contributed by atoms with E-state index in [1.54, 1.807) is 17.4 Å². The maximum absolute atomic E-state index is 5.91. The van der Waals surface area contributed by atoms with Crippen molar-refractivity contribution in [3.63, 3.8) is 0 Å². The first-order chi connectivity index (χ1) is 8.56. The lowest BCUT2D eigenvalue weighted by Gasteiger charge is -2.02. The molecule has 0 radical (unpaired) electrons. The molecule has 18 heavy (non-hydrogen) atoms. The average molecular weight is 409 g/mol. The summed E-state index contributed by atoms with van der Waals surface area (Å²) in [6.45, 7) is 1.88. The van der Waals surface area contributed by atoms with Crippen LogP contribution in [0.15, 0.2) is 19.7 Å². The van der Waals surface area contributed by atoms with Gasteiger partial charge in [0.2, 0.25) is 0 Å². The van der Waals surface area contributed by atoms with Crippen molar-refractivity contribution in [3.05, 3.63) is 30.7 Å². The summed E-state index contributed by atoms with van der Waals surface area (Å²) in [5.41, 5.74) is 1.67. The van der Waals surface area contributed by atoms with Gasteiger partial charge in [0.1, 0.15) is 11.0 Å². The highest BCUT2D eigenvalue weighted by atomic mass is 79.9. The van der Waals surface area contributed by atoms with Crippen LogP contribution in [0.3, 0.4) is 0 Å². The van der Waals surface area contributed by atoms with E-state index in [-0.39, 0.29) is 0 Å². The first-order valence-electron chi connectivity index (χ1n) is 4.90. The molecule has 0 aliphatic heterocycles. The maximum Gasteiger partial charge on any atom is 0.171 e. The predicted octanol–water partition coefficient (Wildman–Crippen LogP) is 4.34. The van der Waals surface area contributed by atoms with Crippen molar-refractivity contribution in [1.29, 1.82) is 0 Å². The summed E-state index contributed by atoms with van der Waals surface area (Å²) in [6.07, 6.45) is 0. The third kappa shape index (κ3) is 1.99. The first-order valence-corrected chi connectivity index (χ1v) is 7.68. The molecule has 8 heteroatoms. The van der Waals surface area contributed by atoms with Gasteiger partial charge in [0.15, 0.2) is 11.5 Å². The molecule has 0 aliphatic carbocycles. The number of hydrogen-bond donors (Lipinski definition) is 0. The fraction of sp³-hybridized carbons (Fsp3) is 0.100. The zero-order chi connectivity index (χ0) is 12.9. The van der Waals surface area contributed by atoms with Crippen molar-refractivity contribution < 1.29 is 0 Å². The summed E-state index contributed by atoms with van der Waals surface area (Å²) in [7, 11) is 0. The minimum atomic E-state index is 0.421. The molecule has 3 heterocycles. The number of fused-ring (bicyclic) bond motifs is 1.